The second kappa shape index (κ2) is 8.02. The van der Waals surface area contributed by atoms with Crippen molar-refractivity contribution in [1.82, 2.24) is 19.8 Å². The number of aromatic nitrogens is 2. The molecule has 9 nitrogen and oxygen atoms in total. The molecular weight excluding hydrogens is 396 g/mol. The van der Waals surface area contributed by atoms with Crippen molar-refractivity contribution in [3.05, 3.63) is 34.2 Å². The number of nitrogens with zero attached hydrogens (tertiary/aromatic N) is 2. The number of carbonyl (C=O) groups is 2. The lowest BCUT2D eigenvalue weighted by Crippen LogP contribution is -2.54. The van der Waals surface area contributed by atoms with Crippen LogP contribution in [0.15, 0.2) is 23.0 Å². The van der Waals surface area contributed by atoms with E-state index in [0.717, 1.165) is 16.4 Å². The van der Waals surface area contributed by atoms with Gasteiger partial charge in [0.15, 0.2) is 0 Å². The van der Waals surface area contributed by atoms with E-state index in [0.29, 0.717) is 11.0 Å². The lowest BCUT2D eigenvalue weighted by molar-refractivity contribution is -0.124. The topological polar surface area (TPSA) is 119 Å². The van der Waals surface area contributed by atoms with Gasteiger partial charge in [0.1, 0.15) is 15.9 Å². The third-order valence-corrected chi connectivity index (χ3v) is 5.60. The number of hydrogen-bond donors (Lipinski definition) is 2. The number of para-hydroxylation sites is 1. The van der Waals surface area contributed by atoms with Crippen LogP contribution < -0.4 is 16.3 Å². The predicted molar refractivity (Wildman–Crippen MR) is 112 cm³/mol. The van der Waals surface area contributed by atoms with E-state index < -0.39 is 33.0 Å². The van der Waals surface area contributed by atoms with Gasteiger partial charge < -0.3 is 10.6 Å². The minimum atomic E-state index is -3.31. The molecule has 0 unspecified atom stereocenters. The standard InChI is InChI=1S/C19H28N4O5S/c1-12-8-7-9-13-14(12)22(10-11-29(6,27)28)18(26)23(13)17(25)21-15(16(24)20-5)19(2,3)4/h7-9,15H,10-11H2,1-6H3,(H,20,24)(H,21,25)/t15-/m0/s1. The molecule has 0 saturated carbocycles. The van der Waals surface area contributed by atoms with E-state index in [-0.39, 0.29) is 18.2 Å². The van der Waals surface area contributed by atoms with Gasteiger partial charge in [0.2, 0.25) is 5.91 Å². The quantitative estimate of drug-likeness (QED) is 0.738. The molecule has 0 aliphatic rings. The smallest absolute Gasteiger partial charge is 0.337 e. The molecule has 2 N–H and O–H groups in total. The Kier molecular flexibility index (Phi) is 6.27. The molecular formula is C19H28N4O5S. The van der Waals surface area contributed by atoms with Gasteiger partial charge in [-0.2, -0.15) is 0 Å². The molecule has 0 aliphatic heterocycles. The minimum absolute atomic E-state index is 0.0720. The van der Waals surface area contributed by atoms with Gasteiger partial charge in [0.05, 0.1) is 16.8 Å². The zero-order chi connectivity index (χ0) is 22.1. The number of nitrogens with one attached hydrogen (secondary N) is 2. The van der Waals surface area contributed by atoms with Crippen molar-refractivity contribution in [3.63, 3.8) is 0 Å². The number of imidazole rings is 1. The molecule has 2 rings (SSSR count). The molecule has 0 radical (unpaired) electrons. The maximum Gasteiger partial charge on any atom is 0.337 e. The van der Waals surface area contributed by atoms with Crippen LogP contribution in [0, 0.1) is 12.3 Å². The summed E-state index contributed by atoms with van der Waals surface area (Å²) in [6.45, 7) is 7.11. The molecule has 1 atom stereocenters. The SMILES string of the molecule is CNC(=O)[C@H](NC(=O)n1c(=O)n(CCS(C)(=O)=O)c2c(C)cccc21)C(C)(C)C. The van der Waals surface area contributed by atoms with Crippen LogP contribution in [-0.2, 0) is 21.2 Å². The highest BCUT2D eigenvalue weighted by Gasteiger charge is 2.33. The number of sulfone groups is 1. The van der Waals surface area contributed by atoms with E-state index in [2.05, 4.69) is 10.6 Å². The van der Waals surface area contributed by atoms with Crippen molar-refractivity contribution >= 4 is 32.8 Å². The molecule has 1 aromatic carbocycles. The molecule has 0 fully saturated rings. The first-order valence-corrected chi connectivity index (χ1v) is 11.2. The summed E-state index contributed by atoms with van der Waals surface area (Å²) in [5.41, 5.74) is 0.330. The second-order valence-electron chi connectivity index (χ2n) is 8.20. The van der Waals surface area contributed by atoms with Crippen molar-refractivity contribution in [3.8, 4) is 0 Å². The van der Waals surface area contributed by atoms with E-state index in [1.54, 1.807) is 45.9 Å². The van der Waals surface area contributed by atoms with Crippen molar-refractivity contribution in [1.29, 1.82) is 0 Å². The lowest BCUT2D eigenvalue weighted by atomic mass is 9.86. The number of hydrogen-bond acceptors (Lipinski definition) is 5. The van der Waals surface area contributed by atoms with Crippen LogP contribution in [0.5, 0.6) is 0 Å². The highest BCUT2D eigenvalue weighted by Crippen LogP contribution is 2.21. The molecule has 2 aromatic rings. The Bertz CT molecular complexity index is 1110. The fourth-order valence-electron chi connectivity index (χ4n) is 3.16. The average Bonchev–Trinajstić information content (AvgIpc) is 2.88. The Morgan fingerprint density at radius 3 is 2.34 bits per heavy atom. The summed E-state index contributed by atoms with van der Waals surface area (Å²) in [6.07, 6.45) is 1.09. The largest absolute Gasteiger partial charge is 0.357 e. The predicted octanol–water partition coefficient (Wildman–Crippen LogP) is 0.874. The van der Waals surface area contributed by atoms with Crippen LogP contribution in [0.25, 0.3) is 11.0 Å². The van der Waals surface area contributed by atoms with Gasteiger partial charge in [-0.25, -0.2) is 22.6 Å². The Morgan fingerprint density at radius 2 is 1.83 bits per heavy atom. The normalized spacial score (nSPS) is 13.3. The highest BCUT2D eigenvalue weighted by atomic mass is 32.2. The number of rotatable bonds is 5. The maximum atomic E-state index is 13.0. The zero-order valence-corrected chi connectivity index (χ0v) is 18.4. The lowest BCUT2D eigenvalue weighted by Gasteiger charge is -2.29. The summed E-state index contributed by atoms with van der Waals surface area (Å²) >= 11 is 0. The average molecular weight is 425 g/mol. The maximum absolute atomic E-state index is 13.0. The highest BCUT2D eigenvalue weighted by molar-refractivity contribution is 7.90. The molecule has 160 valence electrons. The van der Waals surface area contributed by atoms with Crippen LogP contribution >= 0.6 is 0 Å². The van der Waals surface area contributed by atoms with Crippen molar-refractivity contribution < 1.29 is 18.0 Å². The Balaban J connectivity index is 2.59. The van der Waals surface area contributed by atoms with Gasteiger partial charge in [0.25, 0.3) is 0 Å². The molecule has 2 amide bonds. The third kappa shape index (κ3) is 4.87. The van der Waals surface area contributed by atoms with Gasteiger partial charge in [0, 0.05) is 19.8 Å². The Labute approximate surface area is 170 Å². The van der Waals surface area contributed by atoms with Crippen molar-refractivity contribution in [2.75, 3.05) is 19.1 Å². The van der Waals surface area contributed by atoms with Crippen molar-refractivity contribution in [2.24, 2.45) is 5.41 Å². The fourth-order valence-corrected chi connectivity index (χ4v) is 3.68. The molecule has 10 heteroatoms. The van der Waals surface area contributed by atoms with Gasteiger partial charge in [-0.15, -0.1) is 0 Å². The Morgan fingerprint density at radius 1 is 1.21 bits per heavy atom. The first kappa shape index (κ1) is 22.7. The molecule has 29 heavy (non-hydrogen) atoms. The van der Waals surface area contributed by atoms with Crippen LogP contribution in [0.1, 0.15) is 26.3 Å². The van der Waals surface area contributed by atoms with Gasteiger partial charge in [-0.05, 0) is 24.0 Å². The molecule has 0 spiro atoms. The number of likely N-dealkylation sites (N-methyl/N-ethyl adjacent to an activating group) is 1. The van der Waals surface area contributed by atoms with Gasteiger partial charge in [-0.1, -0.05) is 32.9 Å². The van der Waals surface area contributed by atoms with E-state index in [9.17, 15) is 22.8 Å². The van der Waals surface area contributed by atoms with E-state index in [4.69, 9.17) is 0 Å². The number of benzene rings is 1. The fraction of sp³-hybridized carbons (Fsp3) is 0.526. The van der Waals surface area contributed by atoms with E-state index in [1.807, 2.05) is 0 Å². The summed E-state index contributed by atoms with van der Waals surface area (Å²) in [4.78, 5) is 38.3. The third-order valence-electron chi connectivity index (χ3n) is 4.68. The summed E-state index contributed by atoms with van der Waals surface area (Å²) < 4.78 is 25.4. The number of carbonyl (C=O) groups excluding carboxylic acids is 2. The van der Waals surface area contributed by atoms with Crippen LogP contribution in [-0.4, -0.2) is 54.6 Å². The minimum Gasteiger partial charge on any atom is -0.357 e. The number of amides is 2. The van der Waals surface area contributed by atoms with Crippen LogP contribution in [0.2, 0.25) is 0 Å². The molecule has 0 saturated heterocycles. The van der Waals surface area contributed by atoms with Gasteiger partial charge in [-0.3, -0.25) is 9.36 Å². The van der Waals surface area contributed by atoms with Gasteiger partial charge >= 0.3 is 11.7 Å². The van der Waals surface area contributed by atoms with Crippen LogP contribution in [0.3, 0.4) is 0 Å². The van der Waals surface area contributed by atoms with Crippen LogP contribution in [0.4, 0.5) is 4.79 Å². The summed E-state index contributed by atoms with van der Waals surface area (Å²) in [5, 5.41) is 5.16. The molecule has 0 aliphatic carbocycles. The molecule has 1 aromatic heterocycles. The summed E-state index contributed by atoms with van der Waals surface area (Å²) in [6, 6.07) is 3.50. The Hall–Kier alpha value is -2.62. The monoisotopic (exact) mass is 424 g/mol. The first-order valence-electron chi connectivity index (χ1n) is 9.19. The zero-order valence-electron chi connectivity index (χ0n) is 17.6. The summed E-state index contributed by atoms with van der Waals surface area (Å²) in [5.74, 6) is -0.610. The number of fused-ring (bicyclic) bond motifs is 1. The second-order valence-corrected chi connectivity index (χ2v) is 10.5. The molecule has 1 heterocycles. The summed E-state index contributed by atoms with van der Waals surface area (Å²) in [7, 11) is -1.83. The van der Waals surface area contributed by atoms with E-state index in [1.165, 1.54) is 11.6 Å². The first-order chi connectivity index (χ1) is 13.3. The van der Waals surface area contributed by atoms with E-state index >= 15 is 0 Å². The molecule has 0 bridgehead atoms. The number of aryl methyl sites for hydroxylation is 2. The van der Waals surface area contributed by atoms with Crippen molar-refractivity contribution in [2.45, 2.75) is 40.3 Å².